The van der Waals surface area contributed by atoms with E-state index in [0.29, 0.717) is 6.04 Å². The molecule has 23 heavy (non-hydrogen) atoms. The molecule has 1 aliphatic rings. The minimum absolute atomic E-state index is 0.0261. The molecule has 0 saturated heterocycles. The second kappa shape index (κ2) is 6.97. The summed E-state index contributed by atoms with van der Waals surface area (Å²) < 4.78 is 7.79. The third-order valence-corrected chi connectivity index (χ3v) is 4.95. The maximum Gasteiger partial charge on any atom is 0.157 e. The SMILES string of the molecule is COC1(CNCc2cnc3c(cnn3C(C)C)c2)CCCCC1. The van der Waals surface area contributed by atoms with Gasteiger partial charge < -0.3 is 10.1 Å². The Kier molecular flexibility index (Phi) is 4.97. The quantitative estimate of drug-likeness (QED) is 0.887. The maximum absolute atomic E-state index is 5.83. The van der Waals surface area contributed by atoms with Gasteiger partial charge in [0.1, 0.15) is 0 Å². The smallest absolute Gasteiger partial charge is 0.157 e. The topological polar surface area (TPSA) is 52.0 Å². The fourth-order valence-electron chi connectivity index (χ4n) is 3.54. The lowest BCUT2D eigenvalue weighted by Crippen LogP contribution is -2.43. The van der Waals surface area contributed by atoms with Crippen molar-refractivity contribution in [3.63, 3.8) is 0 Å². The fourth-order valence-corrected chi connectivity index (χ4v) is 3.54. The number of hydrogen-bond donors (Lipinski definition) is 1. The highest BCUT2D eigenvalue weighted by Crippen LogP contribution is 2.30. The second-order valence-electron chi connectivity index (χ2n) is 6.99. The molecule has 0 spiro atoms. The van der Waals surface area contributed by atoms with E-state index in [9.17, 15) is 0 Å². The summed E-state index contributed by atoms with van der Waals surface area (Å²) in [7, 11) is 1.85. The Morgan fingerprint density at radius 3 is 2.74 bits per heavy atom. The van der Waals surface area contributed by atoms with Crippen LogP contribution in [0.3, 0.4) is 0 Å². The minimum atomic E-state index is 0.0261. The van der Waals surface area contributed by atoms with Crippen LogP contribution in [-0.2, 0) is 11.3 Å². The number of pyridine rings is 1. The molecule has 0 amide bonds. The molecule has 5 nitrogen and oxygen atoms in total. The molecule has 0 radical (unpaired) electrons. The van der Waals surface area contributed by atoms with Crippen molar-refractivity contribution in [1.82, 2.24) is 20.1 Å². The van der Waals surface area contributed by atoms with Crippen molar-refractivity contribution in [2.24, 2.45) is 0 Å². The van der Waals surface area contributed by atoms with Crippen molar-refractivity contribution < 1.29 is 4.74 Å². The van der Waals surface area contributed by atoms with Gasteiger partial charge in [-0.05, 0) is 38.3 Å². The number of rotatable bonds is 6. The van der Waals surface area contributed by atoms with E-state index in [0.717, 1.165) is 37.0 Å². The second-order valence-corrected chi connectivity index (χ2v) is 6.99. The summed E-state index contributed by atoms with van der Waals surface area (Å²) in [5.74, 6) is 0. The third kappa shape index (κ3) is 3.56. The van der Waals surface area contributed by atoms with Crippen molar-refractivity contribution in [1.29, 1.82) is 0 Å². The predicted molar refractivity (Wildman–Crippen MR) is 92.4 cm³/mol. The lowest BCUT2D eigenvalue weighted by molar-refractivity contribution is -0.0377. The van der Waals surface area contributed by atoms with Gasteiger partial charge in [-0.2, -0.15) is 5.10 Å². The largest absolute Gasteiger partial charge is 0.377 e. The van der Waals surface area contributed by atoms with Gasteiger partial charge in [0.25, 0.3) is 0 Å². The Morgan fingerprint density at radius 2 is 2.04 bits per heavy atom. The van der Waals surface area contributed by atoms with Crippen LogP contribution in [0.15, 0.2) is 18.5 Å². The molecule has 5 heteroatoms. The predicted octanol–water partition coefficient (Wildman–Crippen LogP) is 3.45. The Hall–Kier alpha value is -1.46. The van der Waals surface area contributed by atoms with Crippen LogP contribution in [-0.4, -0.2) is 34.0 Å². The molecule has 126 valence electrons. The fraction of sp³-hybridized carbons (Fsp3) is 0.667. The van der Waals surface area contributed by atoms with E-state index in [1.165, 1.54) is 24.8 Å². The molecular weight excluding hydrogens is 288 g/mol. The van der Waals surface area contributed by atoms with E-state index in [1.807, 2.05) is 24.2 Å². The van der Waals surface area contributed by atoms with Crippen molar-refractivity contribution >= 4 is 11.0 Å². The first-order valence-corrected chi connectivity index (χ1v) is 8.71. The molecule has 2 heterocycles. The van der Waals surface area contributed by atoms with Crippen molar-refractivity contribution in [2.45, 2.75) is 64.1 Å². The number of ether oxygens (including phenoxy) is 1. The molecule has 1 aliphatic carbocycles. The minimum Gasteiger partial charge on any atom is -0.377 e. The van der Waals surface area contributed by atoms with Crippen molar-refractivity contribution in [2.75, 3.05) is 13.7 Å². The summed E-state index contributed by atoms with van der Waals surface area (Å²) in [6.07, 6.45) is 10.1. The first-order chi connectivity index (χ1) is 11.1. The van der Waals surface area contributed by atoms with Gasteiger partial charge in [0.15, 0.2) is 5.65 Å². The molecule has 1 saturated carbocycles. The average Bonchev–Trinajstić information content (AvgIpc) is 2.99. The number of nitrogens with zero attached hydrogens (tertiary/aromatic N) is 3. The zero-order chi connectivity index (χ0) is 16.3. The molecule has 1 N–H and O–H groups in total. The monoisotopic (exact) mass is 316 g/mol. The first kappa shape index (κ1) is 16.4. The zero-order valence-electron chi connectivity index (χ0n) is 14.5. The van der Waals surface area contributed by atoms with Crippen LogP contribution in [0.5, 0.6) is 0 Å². The molecule has 0 aromatic carbocycles. The Morgan fingerprint density at radius 1 is 1.26 bits per heavy atom. The Bertz CT molecular complexity index is 644. The summed E-state index contributed by atoms with van der Waals surface area (Å²) in [5, 5.41) is 9.10. The molecule has 2 aromatic heterocycles. The van der Waals surface area contributed by atoms with Gasteiger partial charge in [0.2, 0.25) is 0 Å². The Labute approximate surface area is 138 Å². The van der Waals surface area contributed by atoms with Crippen molar-refractivity contribution in [3.8, 4) is 0 Å². The lowest BCUT2D eigenvalue weighted by atomic mass is 9.84. The molecule has 0 unspecified atom stereocenters. The summed E-state index contributed by atoms with van der Waals surface area (Å²) in [4.78, 5) is 4.59. The molecule has 1 fully saturated rings. The van der Waals surface area contributed by atoms with E-state index in [-0.39, 0.29) is 5.60 Å². The van der Waals surface area contributed by atoms with Crippen LogP contribution in [0.4, 0.5) is 0 Å². The molecule has 2 aromatic rings. The van der Waals surface area contributed by atoms with Gasteiger partial charge in [-0.25, -0.2) is 9.67 Å². The van der Waals surface area contributed by atoms with Crippen LogP contribution in [0, 0.1) is 0 Å². The van der Waals surface area contributed by atoms with Crippen LogP contribution < -0.4 is 5.32 Å². The highest BCUT2D eigenvalue weighted by atomic mass is 16.5. The number of fused-ring (bicyclic) bond motifs is 1. The molecule has 3 rings (SSSR count). The highest BCUT2D eigenvalue weighted by Gasteiger charge is 2.31. The van der Waals surface area contributed by atoms with Crippen LogP contribution in [0.1, 0.15) is 57.6 Å². The van der Waals surface area contributed by atoms with Gasteiger partial charge in [-0.3, -0.25) is 0 Å². The van der Waals surface area contributed by atoms with Gasteiger partial charge in [0.05, 0.1) is 11.8 Å². The van der Waals surface area contributed by atoms with Crippen LogP contribution in [0.2, 0.25) is 0 Å². The zero-order valence-corrected chi connectivity index (χ0v) is 14.5. The van der Waals surface area contributed by atoms with Gasteiger partial charge >= 0.3 is 0 Å². The summed E-state index contributed by atoms with van der Waals surface area (Å²) in [5.41, 5.74) is 2.19. The highest BCUT2D eigenvalue weighted by molar-refractivity contribution is 5.75. The van der Waals surface area contributed by atoms with E-state index in [2.05, 4.69) is 35.3 Å². The average molecular weight is 316 g/mol. The summed E-state index contributed by atoms with van der Waals surface area (Å²) in [6.45, 7) is 5.98. The third-order valence-electron chi connectivity index (χ3n) is 4.95. The van der Waals surface area contributed by atoms with Gasteiger partial charge in [0, 0.05) is 37.8 Å². The molecule has 0 atom stereocenters. The number of nitrogens with one attached hydrogen (secondary N) is 1. The number of methoxy groups -OCH3 is 1. The molecule has 0 bridgehead atoms. The van der Waals surface area contributed by atoms with Crippen LogP contribution >= 0.6 is 0 Å². The number of hydrogen-bond acceptors (Lipinski definition) is 4. The lowest BCUT2D eigenvalue weighted by Gasteiger charge is -2.36. The summed E-state index contributed by atoms with van der Waals surface area (Å²) >= 11 is 0. The molecule has 0 aliphatic heterocycles. The van der Waals surface area contributed by atoms with Crippen molar-refractivity contribution in [3.05, 3.63) is 24.0 Å². The Balaban J connectivity index is 1.63. The van der Waals surface area contributed by atoms with E-state index >= 15 is 0 Å². The van der Waals surface area contributed by atoms with Crippen LogP contribution in [0.25, 0.3) is 11.0 Å². The first-order valence-electron chi connectivity index (χ1n) is 8.71. The summed E-state index contributed by atoms with van der Waals surface area (Å²) in [6, 6.07) is 2.51. The normalized spacial score (nSPS) is 17.9. The van der Waals surface area contributed by atoms with E-state index < -0.39 is 0 Å². The molecular formula is C18H28N4O. The van der Waals surface area contributed by atoms with E-state index in [4.69, 9.17) is 4.74 Å². The van der Waals surface area contributed by atoms with E-state index in [1.54, 1.807) is 0 Å². The number of aromatic nitrogens is 3. The van der Waals surface area contributed by atoms with Gasteiger partial charge in [-0.1, -0.05) is 19.3 Å². The van der Waals surface area contributed by atoms with Gasteiger partial charge in [-0.15, -0.1) is 0 Å². The standard InChI is InChI=1S/C18H28N4O/c1-14(2)22-17-16(12-21-22)9-15(11-20-17)10-19-13-18(23-3)7-5-4-6-8-18/h9,11-12,14,19H,4-8,10,13H2,1-3H3. The maximum atomic E-state index is 5.83.